The number of rotatable bonds is 6. The van der Waals surface area contributed by atoms with Gasteiger partial charge in [-0.05, 0) is 17.2 Å². The van der Waals surface area contributed by atoms with Gasteiger partial charge in [0.15, 0.2) is 0 Å². The smallest absolute Gasteiger partial charge is 0.130 e. The van der Waals surface area contributed by atoms with Crippen molar-refractivity contribution >= 4 is 12.9 Å². The molecule has 0 aliphatic rings. The zero-order chi connectivity index (χ0) is 15.0. The van der Waals surface area contributed by atoms with Gasteiger partial charge in [0.25, 0.3) is 0 Å². The Morgan fingerprint density at radius 3 is 1.89 bits per heavy atom. The molecule has 0 radical (unpaired) electrons. The molecular formula is C16H26OS. The first-order valence-corrected chi connectivity index (χ1v) is 6.35. The SMILES string of the molecule is C=C/C=C\C(=C\C(=C)OS)C(=C)C=C.CC.CC. The fourth-order valence-corrected chi connectivity index (χ4v) is 0.790. The van der Waals surface area contributed by atoms with Crippen molar-refractivity contribution in [2.75, 3.05) is 0 Å². The minimum Gasteiger partial charge on any atom is -0.430 e. The maximum atomic E-state index is 4.64. The van der Waals surface area contributed by atoms with E-state index in [1.165, 1.54) is 0 Å². The highest BCUT2D eigenvalue weighted by atomic mass is 32.1. The number of thiol groups is 1. The lowest BCUT2D eigenvalue weighted by molar-refractivity contribution is 0.535. The van der Waals surface area contributed by atoms with Crippen LogP contribution in [0.3, 0.4) is 0 Å². The highest BCUT2D eigenvalue weighted by molar-refractivity contribution is 7.75. The standard InChI is InChI=1S/C12H14OS.2C2H6/c1-5-7-8-12(10(3)6-2)9-11(4)13-14;2*1-2/h5-9,14H,1-4H2;2*1-2H3/b8-7-,12-9-;;. The van der Waals surface area contributed by atoms with Crippen molar-refractivity contribution in [2.24, 2.45) is 0 Å². The van der Waals surface area contributed by atoms with E-state index >= 15 is 0 Å². The molecule has 0 atom stereocenters. The second-order valence-electron chi connectivity index (χ2n) is 2.48. The Kier molecular flexibility index (Phi) is 21.8. The molecule has 0 aliphatic carbocycles. The summed E-state index contributed by atoms with van der Waals surface area (Å²) in [7, 11) is 0. The van der Waals surface area contributed by atoms with E-state index in [2.05, 4.69) is 43.4 Å². The van der Waals surface area contributed by atoms with Crippen molar-refractivity contribution in [3.05, 3.63) is 73.6 Å². The van der Waals surface area contributed by atoms with Crippen LogP contribution in [-0.2, 0) is 4.18 Å². The van der Waals surface area contributed by atoms with Crippen molar-refractivity contribution < 1.29 is 4.18 Å². The predicted molar refractivity (Wildman–Crippen MR) is 88.7 cm³/mol. The zero-order valence-corrected chi connectivity index (χ0v) is 13.0. The predicted octanol–water partition coefficient (Wildman–Crippen LogP) is 5.82. The molecule has 0 unspecified atom stereocenters. The average molecular weight is 266 g/mol. The summed E-state index contributed by atoms with van der Waals surface area (Å²) in [5, 5.41) is 0. The van der Waals surface area contributed by atoms with Gasteiger partial charge >= 0.3 is 0 Å². The lowest BCUT2D eigenvalue weighted by atomic mass is 10.1. The number of hydrogen-bond donors (Lipinski definition) is 1. The van der Waals surface area contributed by atoms with E-state index in [1.807, 2.05) is 33.8 Å². The Morgan fingerprint density at radius 1 is 1.06 bits per heavy atom. The van der Waals surface area contributed by atoms with Crippen LogP contribution in [-0.4, -0.2) is 0 Å². The van der Waals surface area contributed by atoms with Crippen molar-refractivity contribution in [1.29, 1.82) is 0 Å². The van der Waals surface area contributed by atoms with Gasteiger partial charge in [0.05, 0.1) is 0 Å². The molecule has 0 saturated carbocycles. The monoisotopic (exact) mass is 266 g/mol. The molecule has 0 fully saturated rings. The molecule has 0 N–H and O–H groups in total. The third kappa shape index (κ3) is 12.7. The second kappa shape index (κ2) is 18.0. The fourth-order valence-electron chi connectivity index (χ4n) is 0.737. The quantitative estimate of drug-likeness (QED) is 0.275. The van der Waals surface area contributed by atoms with Crippen LogP contribution in [0.15, 0.2) is 73.6 Å². The van der Waals surface area contributed by atoms with E-state index in [4.69, 9.17) is 0 Å². The molecular weight excluding hydrogens is 240 g/mol. The molecule has 0 aliphatic heterocycles. The van der Waals surface area contributed by atoms with Crippen LogP contribution in [0.1, 0.15) is 27.7 Å². The van der Waals surface area contributed by atoms with Crippen LogP contribution < -0.4 is 0 Å². The molecule has 102 valence electrons. The average Bonchev–Trinajstić information content (AvgIpc) is 2.46. The lowest BCUT2D eigenvalue weighted by Gasteiger charge is -2.02. The lowest BCUT2D eigenvalue weighted by Crippen LogP contribution is -1.83. The van der Waals surface area contributed by atoms with Gasteiger partial charge in [-0.3, -0.25) is 0 Å². The van der Waals surface area contributed by atoms with Crippen LogP contribution in [0.4, 0.5) is 0 Å². The first-order chi connectivity index (χ1) is 8.65. The van der Waals surface area contributed by atoms with Crippen LogP contribution in [0.25, 0.3) is 0 Å². The summed E-state index contributed by atoms with van der Waals surface area (Å²) >= 11 is 3.64. The molecule has 0 aromatic carbocycles. The zero-order valence-electron chi connectivity index (χ0n) is 12.1. The number of allylic oxidation sites excluding steroid dienone is 7. The van der Waals surface area contributed by atoms with Crippen LogP contribution in [0.2, 0.25) is 0 Å². The molecule has 1 nitrogen and oxygen atoms in total. The summed E-state index contributed by atoms with van der Waals surface area (Å²) in [6.07, 6.45) is 8.69. The Hall–Kier alpha value is -1.41. The topological polar surface area (TPSA) is 9.23 Å². The van der Waals surface area contributed by atoms with Gasteiger partial charge in [-0.2, -0.15) is 0 Å². The van der Waals surface area contributed by atoms with Crippen LogP contribution in [0, 0.1) is 0 Å². The van der Waals surface area contributed by atoms with Crippen molar-refractivity contribution in [3.8, 4) is 0 Å². The van der Waals surface area contributed by atoms with E-state index in [9.17, 15) is 0 Å². The minimum absolute atomic E-state index is 0.444. The fraction of sp³-hybridized carbons (Fsp3) is 0.250. The normalized spacial score (nSPS) is 9.28. The van der Waals surface area contributed by atoms with Crippen LogP contribution in [0.5, 0.6) is 0 Å². The molecule has 0 rings (SSSR count). The van der Waals surface area contributed by atoms with Gasteiger partial charge in [0.1, 0.15) is 5.76 Å². The first kappa shape index (κ1) is 21.8. The molecule has 0 amide bonds. The largest absolute Gasteiger partial charge is 0.430 e. The highest BCUT2D eigenvalue weighted by Gasteiger charge is 1.96. The summed E-state index contributed by atoms with van der Waals surface area (Å²) in [6, 6.07) is 0. The third-order valence-corrected chi connectivity index (χ3v) is 1.70. The van der Waals surface area contributed by atoms with Gasteiger partial charge in [-0.25, -0.2) is 0 Å². The summed E-state index contributed by atoms with van der Waals surface area (Å²) in [5.74, 6) is 0.444. The van der Waals surface area contributed by atoms with E-state index < -0.39 is 0 Å². The molecule has 0 aromatic rings. The summed E-state index contributed by atoms with van der Waals surface area (Å²) in [5.41, 5.74) is 1.65. The molecule has 0 spiro atoms. The van der Waals surface area contributed by atoms with E-state index in [0.717, 1.165) is 11.1 Å². The minimum atomic E-state index is 0.444. The van der Waals surface area contributed by atoms with Gasteiger partial charge in [-0.15, -0.1) is 0 Å². The third-order valence-electron chi connectivity index (χ3n) is 1.46. The van der Waals surface area contributed by atoms with Crippen LogP contribution >= 0.6 is 12.9 Å². The molecule has 0 saturated heterocycles. The molecule has 18 heavy (non-hydrogen) atoms. The molecule has 0 aromatic heterocycles. The second-order valence-corrected chi connectivity index (χ2v) is 2.66. The van der Waals surface area contributed by atoms with Crippen molar-refractivity contribution in [3.63, 3.8) is 0 Å². The molecule has 0 bridgehead atoms. The van der Waals surface area contributed by atoms with E-state index in [0.29, 0.717) is 5.76 Å². The Bertz CT molecular complexity index is 309. The molecule has 0 heterocycles. The summed E-state index contributed by atoms with van der Waals surface area (Å²) in [6.45, 7) is 22.7. The van der Waals surface area contributed by atoms with Gasteiger partial charge in [0, 0.05) is 12.9 Å². The Morgan fingerprint density at radius 2 is 1.56 bits per heavy atom. The highest BCUT2D eigenvalue weighted by Crippen LogP contribution is 2.14. The molecule has 2 heteroatoms. The first-order valence-electron chi connectivity index (χ1n) is 5.98. The van der Waals surface area contributed by atoms with Gasteiger partial charge < -0.3 is 4.18 Å². The van der Waals surface area contributed by atoms with Crippen molar-refractivity contribution in [2.45, 2.75) is 27.7 Å². The maximum Gasteiger partial charge on any atom is 0.130 e. The number of hydrogen-bond acceptors (Lipinski definition) is 2. The Labute approximate surface area is 119 Å². The Balaban J connectivity index is -0.000000506. The maximum absolute atomic E-state index is 4.64. The van der Waals surface area contributed by atoms with Gasteiger partial charge in [0.2, 0.25) is 0 Å². The van der Waals surface area contributed by atoms with Crippen molar-refractivity contribution in [1.82, 2.24) is 0 Å². The summed E-state index contributed by atoms with van der Waals surface area (Å²) in [4.78, 5) is 0. The van der Waals surface area contributed by atoms with E-state index in [-0.39, 0.29) is 0 Å². The summed E-state index contributed by atoms with van der Waals surface area (Å²) < 4.78 is 4.64. The van der Waals surface area contributed by atoms with E-state index in [1.54, 1.807) is 24.3 Å². The van der Waals surface area contributed by atoms with Gasteiger partial charge in [-0.1, -0.05) is 78.3 Å².